The van der Waals surface area contributed by atoms with Gasteiger partial charge in [-0.15, -0.1) is 0 Å². The Bertz CT molecular complexity index is 1520. The van der Waals surface area contributed by atoms with E-state index in [0.717, 1.165) is 0 Å². The number of fused-ring (bicyclic) bond motifs is 1. The number of hydrogen-bond acceptors (Lipinski definition) is 6. The van der Waals surface area contributed by atoms with Gasteiger partial charge >= 0.3 is 0 Å². The molecule has 1 aliphatic rings. The third-order valence-corrected chi connectivity index (χ3v) is 6.31. The molecule has 3 aromatic carbocycles. The van der Waals surface area contributed by atoms with Crippen LogP contribution in [0.2, 0.25) is 5.02 Å². The Morgan fingerprint density at radius 3 is 2.32 bits per heavy atom. The first-order chi connectivity index (χ1) is 17.8. The zero-order valence-electron chi connectivity index (χ0n) is 20.4. The molecule has 0 aliphatic carbocycles. The summed E-state index contributed by atoms with van der Waals surface area (Å²) in [4.78, 5) is 28.5. The van der Waals surface area contributed by atoms with Crippen LogP contribution < -0.4 is 14.4 Å². The largest absolute Gasteiger partial charge is 0.503 e. The second-order valence-corrected chi connectivity index (χ2v) is 9.33. The van der Waals surface area contributed by atoms with Gasteiger partial charge in [0.2, 0.25) is 5.78 Å². The predicted octanol–water partition coefficient (Wildman–Crippen LogP) is 6.66. The molecule has 1 unspecified atom stereocenters. The first-order valence-corrected chi connectivity index (χ1v) is 12.1. The first kappa shape index (κ1) is 24.5. The van der Waals surface area contributed by atoms with E-state index in [4.69, 9.17) is 25.5 Å². The molecule has 4 aromatic rings. The average molecular weight is 518 g/mol. The molecule has 0 bridgehead atoms. The second-order valence-electron chi connectivity index (χ2n) is 8.90. The summed E-state index contributed by atoms with van der Waals surface area (Å²) in [6.07, 6.45) is -0.0139. The van der Waals surface area contributed by atoms with Crippen LogP contribution in [0, 0.1) is 0 Å². The molecule has 5 rings (SSSR count). The zero-order valence-corrected chi connectivity index (χ0v) is 21.2. The highest BCUT2D eigenvalue weighted by Gasteiger charge is 2.45. The van der Waals surface area contributed by atoms with Gasteiger partial charge in [0, 0.05) is 16.1 Å². The highest BCUT2D eigenvalue weighted by molar-refractivity contribution is 6.31. The maximum Gasteiger partial charge on any atom is 0.294 e. The van der Waals surface area contributed by atoms with Crippen LogP contribution in [0.4, 0.5) is 5.69 Å². The standard InChI is InChI=1S/C29H24ClNO6/c1-16(2)36-22-11-7-20(8-12-22)31-26(17-4-9-21(35-3)10-5-17)25(28(33)29(31)34)27(32)24-15-18-14-19(30)6-13-23(18)37-24/h4-16,26,33H,1-3H3. The Labute approximate surface area is 218 Å². The van der Waals surface area contributed by atoms with Crippen LogP contribution in [0.5, 0.6) is 11.5 Å². The number of Topliss-reactive ketones (excluding diaryl/α,β-unsaturated/α-hetero) is 1. The van der Waals surface area contributed by atoms with Crippen molar-refractivity contribution in [3.8, 4) is 11.5 Å². The van der Waals surface area contributed by atoms with Gasteiger partial charge in [0.05, 0.1) is 24.8 Å². The molecule has 37 heavy (non-hydrogen) atoms. The van der Waals surface area contributed by atoms with E-state index in [0.29, 0.717) is 38.7 Å². The van der Waals surface area contributed by atoms with Crippen molar-refractivity contribution in [2.45, 2.75) is 26.0 Å². The number of anilines is 1. The van der Waals surface area contributed by atoms with E-state index in [1.807, 2.05) is 13.8 Å². The smallest absolute Gasteiger partial charge is 0.294 e. The summed E-state index contributed by atoms with van der Waals surface area (Å²) >= 11 is 6.08. The molecule has 0 saturated carbocycles. The molecule has 0 saturated heterocycles. The Balaban J connectivity index is 1.60. The van der Waals surface area contributed by atoms with Crippen LogP contribution in [0.1, 0.15) is 36.0 Å². The molecule has 1 N–H and O–H groups in total. The van der Waals surface area contributed by atoms with Crippen LogP contribution in [-0.2, 0) is 4.79 Å². The van der Waals surface area contributed by atoms with Gasteiger partial charge in [0.25, 0.3) is 5.91 Å². The van der Waals surface area contributed by atoms with Crippen molar-refractivity contribution in [3.63, 3.8) is 0 Å². The molecule has 0 radical (unpaired) electrons. The Morgan fingerprint density at radius 1 is 1.00 bits per heavy atom. The van der Waals surface area contributed by atoms with Crippen molar-refractivity contribution < 1.29 is 28.6 Å². The SMILES string of the molecule is COc1ccc(C2C(C(=O)c3cc4cc(Cl)ccc4o3)=C(O)C(=O)N2c2ccc(OC(C)C)cc2)cc1. The number of carbonyl (C=O) groups excluding carboxylic acids is 2. The lowest BCUT2D eigenvalue weighted by Gasteiger charge is -2.27. The lowest BCUT2D eigenvalue weighted by atomic mass is 9.94. The fourth-order valence-electron chi connectivity index (χ4n) is 4.42. The number of ketones is 1. The van der Waals surface area contributed by atoms with E-state index in [1.165, 1.54) is 4.90 Å². The number of aliphatic hydroxyl groups excluding tert-OH is 1. The van der Waals surface area contributed by atoms with Gasteiger partial charge in [-0.2, -0.15) is 0 Å². The van der Waals surface area contributed by atoms with E-state index >= 15 is 0 Å². The number of ether oxygens (including phenoxy) is 2. The highest BCUT2D eigenvalue weighted by atomic mass is 35.5. The van der Waals surface area contributed by atoms with Crippen molar-refractivity contribution in [1.82, 2.24) is 0 Å². The molecular weight excluding hydrogens is 494 g/mol. The summed E-state index contributed by atoms with van der Waals surface area (Å²) < 4.78 is 16.8. The number of carbonyl (C=O) groups is 2. The summed E-state index contributed by atoms with van der Waals surface area (Å²) in [5, 5.41) is 12.1. The number of halogens is 1. The normalized spacial score (nSPS) is 15.6. The van der Waals surface area contributed by atoms with Gasteiger partial charge in [-0.25, -0.2) is 0 Å². The second kappa shape index (κ2) is 9.67. The lowest BCUT2D eigenvalue weighted by molar-refractivity contribution is -0.117. The maximum atomic E-state index is 13.7. The summed E-state index contributed by atoms with van der Waals surface area (Å²) in [6.45, 7) is 3.84. The van der Waals surface area contributed by atoms with Crippen molar-refractivity contribution in [3.05, 3.63) is 100 Å². The van der Waals surface area contributed by atoms with E-state index in [2.05, 4.69) is 0 Å². The van der Waals surface area contributed by atoms with Crippen LogP contribution in [0.25, 0.3) is 11.0 Å². The third kappa shape index (κ3) is 4.54. The molecule has 188 valence electrons. The van der Waals surface area contributed by atoms with E-state index in [9.17, 15) is 14.7 Å². The molecule has 1 aliphatic heterocycles. The van der Waals surface area contributed by atoms with E-state index in [-0.39, 0.29) is 17.4 Å². The molecule has 7 nitrogen and oxygen atoms in total. The van der Waals surface area contributed by atoms with Crippen molar-refractivity contribution in [1.29, 1.82) is 0 Å². The van der Waals surface area contributed by atoms with Gasteiger partial charge in [-0.1, -0.05) is 23.7 Å². The van der Waals surface area contributed by atoms with Gasteiger partial charge in [-0.3, -0.25) is 14.5 Å². The van der Waals surface area contributed by atoms with Gasteiger partial charge in [-0.05, 0) is 80.1 Å². The number of furan rings is 1. The molecule has 1 aromatic heterocycles. The Hall–Kier alpha value is -4.23. The van der Waals surface area contributed by atoms with Gasteiger partial charge in [0.1, 0.15) is 17.1 Å². The minimum atomic E-state index is -0.903. The number of aliphatic hydroxyl groups is 1. The van der Waals surface area contributed by atoms with E-state index in [1.54, 1.807) is 79.9 Å². The monoisotopic (exact) mass is 517 g/mol. The first-order valence-electron chi connectivity index (χ1n) is 11.7. The number of amides is 1. The maximum absolute atomic E-state index is 13.7. The Morgan fingerprint density at radius 2 is 1.68 bits per heavy atom. The van der Waals surface area contributed by atoms with Crippen LogP contribution >= 0.6 is 11.6 Å². The molecule has 2 heterocycles. The van der Waals surface area contributed by atoms with E-state index < -0.39 is 23.5 Å². The molecule has 1 amide bonds. The fourth-order valence-corrected chi connectivity index (χ4v) is 4.60. The zero-order chi connectivity index (χ0) is 26.3. The minimum Gasteiger partial charge on any atom is -0.503 e. The Kier molecular flexibility index (Phi) is 6.39. The lowest BCUT2D eigenvalue weighted by Crippen LogP contribution is -2.31. The number of benzene rings is 3. The molecule has 0 fully saturated rings. The van der Waals surface area contributed by atoms with Gasteiger partial charge < -0.3 is 19.0 Å². The minimum absolute atomic E-state index is 0.00680. The summed E-state index contributed by atoms with van der Waals surface area (Å²) in [6, 6.07) is 19.6. The average Bonchev–Trinajstić information content (AvgIpc) is 3.42. The molecule has 0 spiro atoms. The van der Waals surface area contributed by atoms with Crippen LogP contribution in [-0.4, -0.2) is 30.0 Å². The number of nitrogens with zero attached hydrogens (tertiary/aromatic N) is 1. The number of hydrogen-bond donors (Lipinski definition) is 1. The summed E-state index contributed by atoms with van der Waals surface area (Å²) in [7, 11) is 1.55. The van der Waals surface area contributed by atoms with Gasteiger partial charge in [0.15, 0.2) is 11.5 Å². The predicted molar refractivity (Wildman–Crippen MR) is 141 cm³/mol. The van der Waals surface area contributed by atoms with Crippen molar-refractivity contribution in [2.24, 2.45) is 0 Å². The molecule has 1 atom stereocenters. The van der Waals surface area contributed by atoms with Crippen molar-refractivity contribution >= 4 is 39.9 Å². The van der Waals surface area contributed by atoms with Crippen LogP contribution in [0.3, 0.4) is 0 Å². The fraction of sp³-hybridized carbons (Fsp3) is 0.172. The summed E-state index contributed by atoms with van der Waals surface area (Å²) in [5.74, 6) is -0.674. The summed E-state index contributed by atoms with van der Waals surface area (Å²) in [5.41, 5.74) is 1.49. The molecular formula is C29H24ClNO6. The quantitative estimate of drug-likeness (QED) is 0.275. The topological polar surface area (TPSA) is 89.2 Å². The molecule has 8 heteroatoms. The highest BCUT2D eigenvalue weighted by Crippen LogP contribution is 2.43. The van der Waals surface area contributed by atoms with Crippen LogP contribution in [0.15, 0.2) is 88.5 Å². The van der Waals surface area contributed by atoms with Crippen molar-refractivity contribution in [2.75, 3.05) is 12.0 Å². The number of methoxy groups -OCH3 is 1. The third-order valence-electron chi connectivity index (χ3n) is 6.07. The number of rotatable bonds is 7.